The van der Waals surface area contributed by atoms with Crippen molar-refractivity contribution in [1.82, 2.24) is 0 Å². The highest BCUT2D eigenvalue weighted by Crippen LogP contribution is 2.41. The van der Waals surface area contributed by atoms with Crippen molar-refractivity contribution in [2.24, 2.45) is 0 Å². The number of Topliss-reactive ketones (excluding diaryl/α,β-unsaturated/α-hetero) is 1. The van der Waals surface area contributed by atoms with E-state index in [9.17, 15) is 4.79 Å². The number of allylic oxidation sites excluding steroid dienone is 2. The van der Waals surface area contributed by atoms with Gasteiger partial charge in [0.1, 0.15) is 0 Å². The molecule has 2 aromatic rings. The minimum absolute atomic E-state index is 0.279. The summed E-state index contributed by atoms with van der Waals surface area (Å²) in [6.45, 7) is 0. The first kappa shape index (κ1) is 23.0. The van der Waals surface area contributed by atoms with Gasteiger partial charge in [-0.1, -0.05) is 58.5 Å². The van der Waals surface area contributed by atoms with E-state index in [2.05, 4.69) is 63.7 Å². The molecule has 0 aromatic heterocycles. The molecule has 136 valence electrons. The topological polar surface area (TPSA) is 17.1 Å². The number of ketones is 1. The van der Waals surface area contributed by atoms with Crippen molar-refractivity contribution in [3.05, 3.63) is 75.0 Å². The molecule has 1 nitrogen and oxygen atoms in total. The zero-order valence-electron chi connectivity index (χ0n) is 12.4. The van der Waals surface area contributed by atoms with Crippen LogP contribution in [0.5, 0.6) is 0 Å². The monoisotopic (exact) mass is 682 g/mol. The number of carbonyl (C=O) groups is 1. The van der Waals surface area contributed by atoms with Crippen LogP contribution in [0.25, 0.3) is 10.6 Å². The molecule has 0 saturated carbocycles. The maximum Gasteiger partial charge on any atom is 0.208 e. The fraction of sp³-hybridized carbons (Fsp3) is 0. The number of hydrogen-bond acceptors (Lipinski definition) is 1. The van der Waals surface area contributed by atoms with Crippen LogP contribution in [-0.2, 0) is 4.79 Å². The summed E-state index contributed by atoms with van der Waals surface area (Å²) in [4.78, 5) is 12.7. The van der Waals surface area contributed by atoms with E-state index in [-0.39, 0.29) is 10.3 Å². The van der Waals surface area contributed by atoms with E-state index in [1.807, 2.05) is 0 Å². The van der Waals surface area contributed by atoms with Crippen molar-refractivity contribution in [2.75, 3.05) is 0 Å². The predicted octanol–water partition coefficient (Wildman–Crippen LogP) is 9.53. The number of rotatable bonds is 4. The maximum atomic E-state index is 12.7. The van der Waals surface area contributed by atoms with Crippen LogP contribution >= 0.6 is 110 Å². The van der Waals surface area contributed by atoms with Crippen LogP contribution in [0, 0.1) is 0 Å². The molecule has 0 aliphatic heterocycles. The summed E-state index contributed by atoms with van der Waals surface area (Å²) >= 11 is 37.7. The Labute approximate surface area is 204 Å². The molecule has 0 spiro atoms. The summed E-state index contributed by atoms with van der Waals surface area (Å²) in [6.07, 6.45) is 1.61. The predicted molar refractivity (Wildman–Crippen MR) is 127 cm³/mol. The number of halogens is 8. The minimum atomic E-state index is -0.301. The zero-order valence-corrected chi connectivity index (χ0v) is 21.8. The van der Waals surface area contributed by atoms with Crippen LogP contribution in [0.15, 0.2) is 43.8 Å². The third-order valence-electron chi connectivity index (χ3n) is 3.13. The first-order chi connectivity index (χ1) is 12.1. The van der Waals surface area contributed by atoms with Crippen molar-refractivity contribution in [2.45, 2.75) is 0 Å². The molecule has 0 radical (unpaired) electrons. The molecule has 0 saturated heterocycles. The van der Waals surface area contributed by atoms with Crippen LogP contribution in [0.4, 0.5) is 0 Å². The van der Waals surface area contributed by atoms with Crippen molar-refractivity contribution >= 4 is 126 Å². The number of benzene rings is 2. The number of carbonyl (C=O) groups excluding carboxylic acids is 1. The molecule has 0 amide bonds. The van der Waals surface area contributed by atoms with Crippen LogP contribution in [-0.4, -0.2) is 5.78 Å². The summed E-state index contributed by atoms with van der Waals surface area (Å²) < 4.78 is 1.61. The fourth-order valence-electron chi connectivity index (χ4n) is 1.84. The lowest BCUT2D eigenvalue weighted by Crippen LogP contribution is -1.99. The van der Waals surface area contributed by atoms with Gasteiger partial charge in [-0.25, -0.2) is 0 Å². The molecule has 0 N–H and O–H groups in total. The number of hydrogen-bond donors (Lipinski definition) is 0. The van der Waals surface area contributed by atoms with Crippen molar-refractivity contribution in [3.63, 3.8) is 0 Å². The lowest BCUT2D eigenvalue weighted by molar-refractivity contribution is -0.110. The highest BCUT2D eigenvalue weighted by molar-refractivity contribution is 9.17. The van der Waals surface area contributed by atoms with Gasteiger partial charge in [-0.2, -0.15) is 0 Å². The Morgan fingerprint density at radius 2 is 1.58 bits per heavy atom. The highest BCUT2D eigenvalue weighted by Gasteiger charge is 2.19. The normalized spacial score (nSPS) is 12.8. The van der Waals surface area contributed by atoms with E-state index in [4.69, 9.17) is 46.4 Å². The lowest BCUT2D eigenvalue weighted by Gasteiger charge is -2.09. The summed E-state index contributed by atoms with van der Waals surface area (Å²) in [5.41, 5.74) is 1.26. The van der Waals surface area contributed by atoms with Gasteiger partial charge >= 0.3 is 0 Å². The van der Waals surface area contributed by atoms with E-state index >= 15 is 0 Å². The first-order valence-corrected chi connectivity index (χ1v) is 11.4. The molecular formula is C17H6Br4Cl4O. The average molecular weight is 688 g/mol. The van der Waals surface area contributed by atoms with Crippen LogP contribution in [0.2, 0.25) is 20.1 Å². The smallest absolute Gasteiger partial charge is 0.208 e. The summed E-state index contributed by atoms with van der Waals surface area (Å²) in [5.74, 6) is -0.301. The molecule has 0 bridgehead atoms. The van der Waals surface area contributed by atoms with Gasteiger partial charge in [0.2, 0.25) is 5.78 Å². The Morgan fingerprint density at radius 3 is 2.19 bits per heavy atom. The Kier molecular flexibility index (Phi) is 8.76. The summed E-state index contributed by atoms with van der Waals surface area (Å²) in [6, 6.07) is 8.40. The second-order valence-corrected chi connectivity index (χ2v) is 9.70. The molecule has 0 heterocycles. The van der Waals surface area contributed by atoms with Gasteiger partial charge in [0.25, 0.3) is 0 Å². The quantitative estimate of drug-likeness (QED) is 0.231. The highest BCUT2D eigenvalue weighted by atomic mass is 79.9. The standard InChI is InChI=1S/C17H6Br4Cl4O/c18-10(5-7-1-2-8(22)6-12(7)24)17(26)15(21)13(19)9-3-4-11(23)14(20)16(9)25/h1-6H. The Balaban J connectivity index is 2.43. The molecule has 0 fully saturated rings. The summed E-state index contributed by atoms with van der Waals surface area (Å²) in [5, 5.41) is 1.81. The minimum Gasteiger partial charge on any atom is -0.287 e. The van der Waals surface area contributed by atoms with E-state index in [1.54, 1.807) is 36.4 Å². The molecule has 0 aliphatic rings. The largest absolute Gasteiger partial charge is 0.287 e. The molecule has 0 atom stereocenters. The van der Waals surface area contributed by atoms with Crippen LogP contribution in [0.1, 0.15) is 11.1 Å². The molecule has 26 heavy (non-hydrogen) atoms. The fourth-order valence-corrected chi connectivity index (χ4v) is 4.88. The van der Waals surface area contributed by atoms with Crippen molar-refractivity contribution in [1.29, 1.82) is 0 Å². The van der Waals surface area contributed by atoms with Gasteiger partial charge in [0.15, 0.2) is 0 Å². The zero-order chi connectivity index (χ0) is 19.6. The van der Waals surface area contributed by atoms with Crippen molar-refractivity contribution in [3.8, 4) is 0 Å². The first-order valence-electron chi connectivity index (χ1n) is 6.69. The Morgan fingerprint density at radius 1 is 0.923 bits per heavy atom. The third kappa shape index (κ3) is 5.38. The Bertz CT molecular complexity index is 954. The van der Waals surface area contributed by atoms with Crippen LogP contribution < -0.4 is 0 Å². The van der Waals surface area contributed by atoms with Gasteiger partial charge in [-0.15, -0.1) is 0 Å². The third-order valence-corrected chi connectivity index (χ3v) is 8.38. The van der Waals surface area contributed by atoms with Gasteiger partial charge in [0.05, 0.1) is 23.5 Å². The molecule has 2 rings (SSSR count). The van der Waals surface area contributed by atoms with E-state index in [1.165, 1.54) is 0 Å². The van der Waals surface area contributed by atoms with Crippen LogP contribution in [0.3, 0.4) is 0 Å². The molecule has 0 aliphatic carbocycles. The molecule has 0 unspecified atom stereocenters. The van der Waals surface area contributed by atoms with E-state index < -0.39 is 0 Å². The van der Waals surface area contributed by atoms with Crippen molar-refractivity contribution < 1.29 is 4.79 Å². The summed E-state index contributed by atoms with van der Waals surface area (Å²) in [7, 11) is 0. The van der Waals surface area contributed by atoms with Gasteiger partial charge < -0.3 is 0 Å². The van der Waals surface area contributed by atoms with E-state index in [0.29, 0.717) is 44.7 Å². The average Bonchev–Trinajstić information content (AvgIpc) is 2.60. The Hall–Kier alpha value is 0.670. The second kappa shape index (κ2) is 9.93. The van der Waals surface area contributed by atoms with Gasteiger partial charge in [-0.3, -0.25) is 4.79 Å². The SMILES string of the molecule is O=C(C(Br)=Cc1ccc(Cl)cc1Cl)C(Br)=C(Br)c1ccc(Cl)c(Br)c1Cl. The van der Waals surface area contributed by atoms with Gasteiger partial charge in [0, 0.05) is 20.1 Å². The molecular weight excluding hydrogens is 682 g/mol. The lowest BCUT2D eigenvalue weighted by atomic mass is 10.1. The molecule has 9 heteroatoms. The molecule has 2 aromatic carbocycles. The van der Waals surface area contributed by atoms with E-state index in [0.717, 1.165) is 0 Å². The second-order valence-electron chi connectivity index (χ2n) is 4.84. The van der Waals surface area contributed by atoms with Gasteiger partial charge in [-0.05, 0) is 93.6 Å². The maximum absolute atomic E-state index is 12.7.